The number of nitrogens with zero attached hydrogens (tertiary/aromatic N) is 7. The molecule has 1 aliphatic heterocycles. The van der Waals surface area contributed by atoms with Crippen LogP contribution in [0.2, 0.25) is 0 Å². The second-order valence-corrected chi connectivity index (χ2v) is 17.9. The van der Waals surface area contributed by atoms with Gasteiger partial charge in [0.05, 0.1) is 33.2 Å². The Bertz CT molecular complexity index is 2510. The van der Waals surface area contributed by atoms with Crippen molar-refractivity contribution in [3.63, 3.8) is 0 Å². The van der Waals surface area contributed by atoms with Crippen molar-refractivity contribution in [2.45, 2.75) is 89.2 Å². The van der Waals surface area contributed by atoms with Crippen molar-refractivity contribution >= 4 is 31.4 Å². The summed E-state index contributed by atoms with van der Waals surface area (Å²) in [6.07, 6.45) is 0.262. The van der Waals surface area contributed by atoms with Crippen LogP contribution in [0.4, 0.5) is 5.82 Å². The molecule has 346 valence electrons. The molecular formula is C50H58N7O8P. The lowest BCUT2D eigenvalue weighted by molar-refractivity contribution is -0.0937. The molecule has 1 saturated heterocycles. The SMILES string of the molecule is CCN(C(=O)c1ccccc1)c1ncnc2c1ncn2[C@@H]1O[C@H](COC(c2ccccc2)(c2ccc(OC)cc2)c2ccc(OC)cc2)[C@@H](OP(O)N(C(C)C)C(C)(C)CCC#N)[C@H]1OC. The molecule has 1 N–H and O–H groups in total. The van der Waals surface area contributed by atoms with Gasteiger partial charge in [-0.15, -0.1) is 0 Å². The fourth-order valence-electron chi connectivity index (χ4n) is 8.84. The number of nitriles is 1. The lowest BCUT2D eigenvalue weighted by Gasteiger charge is -2.43. The number of carbonyl (C=O) groups excluding carboxylic acids is 1. The standard InChI is InChI=1S/C50H58N7O8P/c1-9-55(47(58)35-17-12-10-13-18-35)45-42-46(53-32-52-45)56(33-54-42)48-44(62-8)43(65-66(59)57(34(2)3)49(4,5)29-16-30-51)41(64-48)31-63-50(36-19-14-11-15-20-36,37-21-25-39(60-6)26-22-37)38-23-27-40(61-7)28-24-38/h10-15,17-28,32-34,41,43-44,48,59H,9,16,29,31H2,1-8H3/t41-,43-,44-,48-,66?/m1/s1. The number of ether oxygens (including phenoxy) is 5. The third-order valence-corrected chi connectivity index (χ3v) is 13.8. The minimum atomic E-state index is -2.31. The molecule has 2 aromatic heterocycles. The number of carbonyl (C=O) groups is 1. The van der Waals surface area contributed by atoms with Crippen molar-refractivity contribution in [2.24, 2.45) is 0 Å². The van der Waals surface area contributed by atoms with Crippen molar-refractivity contribution in [3.8, 4) is 17.6 Å². The number of aromatic nitrogens is 4. The Morgan fingerprint density at radius 1 is 0.864 bits per heavy atom. The van der Waals surface area contributed by atoms with Gasteiger partial charge in [0.25, 0.3) is 14.4 Å². The molecule has 3 heterocycles. The molecule has 4 aromatic carbocycles. The van der Waals surface area contributed by atoms with Crippen molar-refractivity contribution in [1.82, 2.24) is 24.2 Å². The highest BCUT2D eigenvalue weighted by atomic mass is 31.2. The van der Waals surface area contributed by atoms with E-state index in [9.17, 15) is 14.9 Å². The first-order valence-electron chi connectivity index (χ1n) is 22.0. The largest absolute Gasteiger partial charge is 0.497 e. The molecule has 15 nitrogen and oxygen atoms in total. The Labute approximate surface area is 387 Å². The van der Waals surface area contributed by atoms with Crippen LogP contribution in [0.1, 0.15) is 80.7 Å². The average Bonchev–Trinajstić information content (AvgIpc) is 3.93. The molecule has 5 atom stereocenters. The maximum absolute atomic E-state index is 13.8. The average molecular weight is 916 g/mol. The molecule has 66 heavy (non-hydrogen) atoms. The normalized spacial score (nSPS) is 18.1. The first-order valence-corrected chi connectivity index (χ1v) is 23.1. The van der Waals surface area contributed by atoms with Crippen molar-refractivity contribution in [3.05, 3.63) is 144 Å². The number of rotatable bonds is 20. The van der Waals surface area contributed by atoms with Gasteiger partial charge in [-0.3, -0.25) is 14.3 Å². The van der Waals surface area contributed by atoms with E-state index < -0.39 is 44.2 Å². The molecule has 1 amide bonds. The quantitative estimate of drug-likeness (QED) is 0.0571. The summed E-state index contributed by atoms with van der Waals surface area (Å²) in [6, 6.07) is 36.5. The maximum atomic E-state index is 13.8. The number of anilines is 1. The van der Waals surface area contributed by atoms with Crippen LogP contribution in [0.5, 0.6) is 11.5 Å². The number of hydrogen-bond donors (Lipinski definition) is 1. The topological polar surface area (TPSA) is 167 Å². The van der Waals surface area contributed by atoms with E-state index in [1.807, 2.05) is 136 Å². The van der Waals surface area contributed by atoms with Crippen LogP contribution in [0.25, 0.3) is 11.2 Å². The Balaban J connectivity index is 1.33. The highest BCUT2D eigenvalue weighted by Gasteiger charge is 2.52. The highest BCUT2D eigenvalue weighted by Crippen LogP contribution is 2.51. The predicted octanol–water partition coefficient (Wildman–Crippen LogP) is 8.83. The summed E-state index contributed by atoms with van der Waals surface area (Å²) in [5, 5.41) is 9.53. The summed E-state index contributed by atoms with van der Waals surface area (Å²) in [5.74, 6) is 1.48. The van der Waals surface area contributed by atoms with Crippen molar-refractivity contribution in [1.29, 1.82) is 5.26 Å². The van der Waals surface area contributed by atoms with Gasteiger partial charge in [0.15, 0.2) is 23.2 Å². The Morgan fingerprint density at radius 2 is 1.45 bits per heavy atom. The van der Waals surface area contributed by atoms with Gasteiger partial charge in [0, 0.05) is 37.2 Å². The fraction of sp³-hybridized carbons (Fsp3) is 0.380. The maximum Gasteiger partial charge on any atom is 0.259 e. The summed E-state index contributed by atoms with van der Waals surface area (Å²) in [7, 11) is 2.51. The molecule has 0 bridgehead atoms. The molecule has 1 fully saturated rings. The molecule has 1 aliphatic rings. The van der Waals surface area contributed by atoms with Crippen LogP contribution in [0.3, 0.4) is 0 Å². The molecule has 7 rings (SSSR count). The first-order chi connectivity index (χ1) is 31.9. The van der Waals surface area contributed by atoms with Gasteiger partial charge >= 0.3 is 0 Å². The number of amides is 1. The van der Waals surface area contributed by atoms with E-state index in [0.717, 1.165) is 16.7 Å². The summed E-state index contributed by atoms with van der Waals surface area (Å²) in [4.78, 5) is 41.6. The molecule has 0 spiro atoms. The van der Waals surface area contributed by atoms with Gasteiger partial charge in [-0.05, 0) is 94.1 Å². The van der Waals surface area contributed by atoms with E-state index >= 15 is 0 Å². The minimum absolute atomic E-state index is 0.0568. The second-order valence-electron chi connectivity index (χ2n) is 16.7. The van der Waals surface area contributed by atoms with Crippen molar-refractivity contribution in [2.75, 3.05) is 39.4 Å². The van der Waals surface area contributed by atoms with Crippen LogP contribution in [-0.2, 0) is 24.3 Å². The number of methoxy groups -OCH3 is 3. The van der Waals surface area contributed by atoms with E-state index in [0.29, 0.717) is 53.4 Å². The second kappa shape index (κ2) is 21.2. The monoisotopic (exact) mass is 915 g/mol. The lowest BCUT2D eigenvalue weighted by atomic mass is 9.80. The van der Waals surface area contributed by atoms with Gasteiger partial charge in [-0.2, -0.15) is 5.26 Å². The highest BCUT2D eigenvalue weighted by molar-refractivity contribution is 7.43. The lowest BCUT2D eigenvalue weighted by Crippen LogP contribution is -2.46. The molecule has 0 aliphatic carbocycles. The van der Waals surface area contributed by atoms with Crippen LogP contribution >= 0.6 is 8.53 Å². The molecule has 1 unspecified atom stereocenters. The third kappa shape index (κ3) is 9.68. The third-order valence-electron chi connectivity index (χ3n) is 12.0. The number of hydrogen-bond acceptors (Lipinski definition) is 13. The molecule has 0 saturated carbocycles. The Morgan fingerprint density at radius 3 is 2.00 bits per heavy atom. The Hall–Kier alpha value is -5.82. The first kappa shape index (κ1) is 48.1. The van der Waals surface area contributed by atoms with Gasteiger partial charge in [0.1, 0.15) is 41.7 Å². The molecule has 0 radical (unpaired) electrons. The van der Waals surface area contributed by atoms with E-state index in [2.05, 4.69) is 16.0 Å². The zero-order chi connectivity index (χ0) is 47.0. The summed E-state index contributed by atoms with van der Waals surface area (Å²) in [6.45, 7) is 10.1. The van der Waals surface area contributed by atoms with Crippen LogP contribution < -0.4 is 14.4 Å². The number of imidazole rings is 1. The Kier molecular flexibility index (Phi) is 15.5. The molecule has 6 aromatic rings. The minimum Gasteiger partial charge on any atom is -0.497 e. The molecular weight excluding hydrogens is 858 g/mol. The van der Waals surface area contributed by atoms with Crippen LogP contribution in [0, 0.1) is 11.3 Å². The van der Waals surface area contributed by atoms with E-state index in [1.165, 1.54) is 6.33 Å². The van der Waals surface area contributed by atoms with E-state index in [1.54, 1.807) is 49.3 Å². The van der Waals surface area contributed by atoms with Crippen LogP contribution in [-0.4, -0.2) is 99.4 Å². The number of fused-ring (bicyclic) bond motifs is 1. The van der Waals surface area contributed by atoms with E-state index in [4.69, 9.17) is 33.2 Å². The van der Waals surface area contributed by atoms with Gasteiger partial charge in [-0.1, -0.05) is 72.8 Å². The molecule has 16 heteroatoms. The zero-order valence-electron chi connectivity index (χ0n) is 38.6. The summed E-state index contributed by atoms with van der Waals surface area (Å²) >= 11 is 0. The summed E-state index contributed by atoms with van der Waals surface area (Å²) < 4.78 is 42.4. The van der Waals surface area contributed by atoms with Crippen molar-refractivity contribution < 1.29 is 37.9 Å². The zero-order valence-corrected chi connectivity index (χ0v) is 39.5. The van der Waals surface area contributed by atoms with E-state index in [-0.39, 0.29) is 18.6 Å². The summed E-state index contributed by atoms with van der Waals surface area (Å²) in [5.41, 5.74) is 1.96. The van der Waals surface area contributed by atoms with Gasteiger partial charge < -0.3 is 33.1 Å². The van der Waals surface area contributed by atoms with Gasteiger partial charge in [0.2, 0.25) is 0 Å². The van der Waals surface area contributed by atoms with Crippen LogP contribution in [0.15, 0.2) is 122 Å². The fourth-order valence-corrected chi connectivity index (χ4v) is 10.4. The van der Waals surface area contributed by atoms with Gasteiger partial charge in [-0.25, -0.2) is 19.6 Å². The predicted molar refractivity (Wildman–Crippen MR) is 252 cm³/mol. The number of benzene rings is 4. The smallest absolute Gasteiger partial charge is 0.259 e.